The van der Waals surface area contributed by atoms with Crippen LogP contribution in [0.2, 0.25) is 0 Å². The van der Waals surface area contributed by atoms with Crippen molar-refractivity contribution in [3.63, 3.8) is 0 Å². The highest BCUT2D eigenvalue weighted by Crippen LogP contribution is 2.27. The lowest BCUT2D eigenvalue weighted by molar-refractivity contribution is -0.125. The van der Waals surface area contributed by atoms with E-state index in [9.17, 15) is 4.79 Å². The number of likely N-dealkylation sites (N-methyl/N-ethyl adjacent to an activating group) is 1. The summed E-state index contributed by atoms with van der Waals surface area (Å²) in [6, 6.07) is 0. The number of rotatable bonds is 2. The van der Waals surface area contributed by atoms with Crippen LogP contribution in [0.4, 0.5) is 0 Å². The van der Waals surface area contributed by atoms with Gasteiger partial charge in [-0.25, -0.2) is 0 Å². The van der Waals surface area contributed by atoms with E-state index in [-0.39, 0.29) is 16.9 Å². The van der Waals surface area contributed by atoms with Gasteiger partial charge in [-0.1, -0.05) is 0 Å². The Kier molecular flexibility index (Phi) is 3.56. The molecule has 1 aliphatic rings. The molecule has 0 aromatic carbocycles. The van der Waals surface area contributed by atoms with E-state index in [4.69, 9.17) is 0 Å². The van der Waals surface area contributed by atoms with Crippen LogP contribution in [0.15, 0.2) is 0 Å². The Morgan fingerprint density at radius 3 is 2.00 bits per heavy atom. The predicted molar refractivity (Wildman–Crippen MR) is 63.0 cm³/mol. The number of carbonyl (C=O) groups is 1. The normalized spacial score (nSPS) is 22.7. The summed E-state index contributed by atoms with van der Waals surface area (Å²) in [4.78, 5) is 14.1. The van der Waals surface area contributed by atoms with Gasteiger partial charge in [0.25, 0.3) is 0 Å². The van der Waals surface area contributed by atoms with Crippen LogP contribution in [0.1, 0.15) is 40.5 Å². The number of hydrogen-bond donors (Lipinski definition) is 1. The molecule has 1 aliphatic heterocycles. The second-order valence-corrected chi connectivity index (χ2v) is 5.55. The standard InChI is InChI=1S/C12H24N2O/c1-10(15)12(13-5)6-8-14(9-7-12)11(2,3)4/h13H,6-9H2,1-5H3. The molecule has 1 fully saturated rings. The quantitative estimate of drug-likeness (QED) is 0.751. The molecule has 1 saturated heterocycles. The molecule has 0 atom stereocenters. The Morgan fingerprint density at radius 2 is 1.73 bits per heavy atom. The molecule has 1 rings (SSSR count). The zero-order valence-corrected chi connectivity index (χ0v) is 10.7. The lowest BCUT2D eigenvalue weighted by atomic mass is 9.83. The molecule has 1 N–H and O–H groups in total. The van der Waals surface area contributed by atoms with Gasteiger partial charge in [0, 0.05) is 18.6 Å². The molecule has 0 aromatic rings. The number of carbonyl (C=O) groups excluding carboxylic acids is 1. The number of nitrogens with one attached hydrogen (secondary N) is 1. The topological polar surface area (TPSA) is 32.3 Å². The number of piperidine rings is 1. The molecule has 0 unspecified atom stereocenters. The fourth-order valence-corrected chi connectivity index (χ4v) is 2.34. The van der Waals surface area contributed by atoms with Crippen molar-refractivity contribution < 1.29 is 4.79 Å². The van der Waals surface area contributed by atoms with E-state index in [1.807, 2.05) is 7.05 Å². The van der Waals surface area contributed by atoms with Gasteiger partial charge in [0.05, 0.1) is 5.54 Å². The van der Waals surface area contributed by atoms with Crippen molar-refractivity contribution in [2.24, 2.45) is 0 Å². The van der Waals surface area contributed by atoms with Crippen molar-refractivity contribution >= 4 is 5.78 Å². The number of hydrogen-bond acceptors (Lipinski definition) is 3. The molecule has 15 heavy (non-hydrogen) atoms. The third kappa shape index (κ3) is 2.58. The highest BCUT2D eigenvalue weighted by molar-refractivity contribution is 5.86. The first-order valence-corrected chi connectivity index (χ1v) is 5.77. The highest BCUT2D eigenvalue weighted by atomic mass is 16.1. The molecule has 0 radical (unpaired) electrons. The van der Waals surface area contributed by atoms with Crippen LogP contribution in [0, 0.1) is 0 Å². The summed E-state index contributed by atoms with van der Waals surface area (Å²) in [5.41, 5.74) is -0.0432. The number of likely N-dealkylation sites (tertiary alicyclic amines) is 1. The van der Waals surface area contributed by atoms with Gasteiger partial charge in [0.2, 0.25) is 0 Å². The Balaban J connectivity index is 2.65. The van der Waals surface area contributed by atoms with E-state index >= 15 is 0 Å². The van der Waals surface area contributed by atoms with E-state index in [0.717, 1.165) is 25.9 Å². The minimum absolute atomic E-state index is 0.219. The molecule has 88 valence electrons. The lowest BCUT2D eigenvalue weighted by Crippen LogP contribution is -2.59. The van der Waals surface area contributed by atoms with Gasteiger partial charge < -0.3 is 5.32 Å². The van der Waals surface area contributed by atoms with E-state index < -0.39 is 0 Å². The summed E-state index contributed by atoms with van der Waals surface area (Å²) in [5, 5.41) is 3.21. The smallest absolute Gasteiger partial charge is 0.149 e. The van der Waals surface area contributed by atoms with Crippen molar-refractivity contribution in [3.8, 4) is 0 Å². The summed E-state index contributed by atoms with van der Waals surface area (Å²) in [5.74, 6) is 0.276. The van der Waals surface area contributed by atoms with E-state index in [2.05, 4.69) is 31.0 Å². The first-order valence-electron chi connectivity index (χ1n) is 5.77. The van der Waals surface area contributed by atoms with Gasteiger partial charge in [-0.3, -0.25) is 9.69 Å². The second-order valence-electron chi connectivity index (χ2n) is 5.55. The minimum atomic E-state index is -0.262. The van der Waals surface area contributed by atoms with Gasteiger partial charge in [0.1, 0.15) is 5.78 Å². The van der Waals surface area contributed by atoms with Gasteiger partial charge >= 0.3 is 0 Å². The molecule has 3 nitrogen and oxygen atoms in total. The van der Waals surface area contributed by atoms with Crippen LogP contribution in [0.5, 0.6) is 0 Å². The monoisotopic (exact) mass is 212 g/mol. The van der Waals surface area contributed by atoms with E-state index in [0.29, 0.717) is 0 Å². The summed E-state index contributed by atoms with van der Waals surface area (Å²) in [6.45, 7) is 10.4. The maximum absolute atomic E-state index is 11.6. The zero-order chi connectivity index (χ0) is 11.7. The number of nitrogens with zero attached hydrogens (tertiary/aromatic N) is 1. The molecule has 0 spiro atoms. The fourth-order valence-electron chi connectivity index (χ4n) is 2.34. The zero-order valence-electron chi connectivity index (χ0n) is 10.7. The number of ketones is 1. The van der Waals surface area contributed by atoms with Crippen LogP contribution in [0.25, 0.3) is 0 Å². The van der Waals surface area contributed by atoms with Gasteiger partial charge in [-0.05, 0) is 47.6 Å². The summed E-state index contributed by atoms with van der Waals surface area (Å²) >= 11 is 0. The highest BCUT2D eigenvalue weighted by Gasteiger charge is 2.39. The number of Topliss-reactive ketones (excluding diaryl/α,β-unsaturated/α-hetero) is 1. The lowest BCUT2D eigenvalue weighted by Gasteiger charge is -2.45. The summed E-state index contributed by atoms with van der Waals surface area (Å²) in [7, 11) is 1.90. The summed E-state index contributed by atoms with van der Waals surface area (Å²) in [6.07, 6.45) is 1.85. The van der Waals surface area contributed by atoms with Gasteiger partial charge in [-0.2, -0.15) is 0 Å². The van der Waals surface area contributed by atoms with Crippen LogP contribution in [-0.2, 0) is 4.79 Å². The largest absolute Gasteiger partial charge is 0.308 e. The van der Waals surface area contributed by atoms with Gasteiger partial charge in [-0.15, -0.1) is 0 Å². The SMILES string of the molecule is CNC1(C(C)=O)CCN(C(C)(C)C)CC1. The fraction of sp³-hybridized carbons (Fsp3) is 0.917. The summed E-state index contributed by atoms with van der Waals surface area (Å²) < 4.78 is 0. The Bertz CT molecular complexity index is 234. The third-order valence-electron chi connectivity index (χ3n) is 3.72. The van der Waals surface area contributed by atoms with Crippen molar-refractivity contribution in [1.82, 2.24) is 10.2 Å². The van der Waals surface area contributed by atoms with Crippen molar-refractivity contribution in [2.75, 3.05) is 20.1 Å². The predicted octanol–water partition coefficient (Wildman–Crippen LogP) is 1.43. The Morgan fingerprint density at radius 1 is 1.27 bits per heavy atom. The van der Waals surface area contributed by atoms with Crippen molar-refractivity contribution in [1.29, 1.82) is 0 Å². The van der Waals surface area contributed by atoms with Crippen LogP contribution >= 0.6 is 0 Å². The average Bonchev–Trinajstić information content (AvgIpc) is 2.16. The van der Waals surface area contributed by atoms with Crippen LogP contribution < -0.4 is 5.32 Å². The maximum atomic E-state index is 11.6. The van der Waals surface area contributed by atoms with E-state index in [1.54, 1.807) is 6.92 Å². The molecular formula is C12H24N2O. The van der Waals surface area contributed by atoms with Gasteiger partial charge in [0.15, 0.2) is 0 Å². The molecule has 0 amide bonds. The molecule has 0 aliphatic carbocycles. The van der Waals surface area contributed by atoms with E-state index in [1.165, 1.54) is 0 Å². The molecule has 1 heterocycles. The molecule has 0 aromatic heterocycles. The Hall–Kier alpha value is -0.410. The van der Waals surface area contributed by atoms with Crippen LogP contribution in [0.3, 0.4) is 0 Å². The first kappa shape index (κ1) is 12.7. The maximum Gasteiger partial charge on any atom is 0.149 e. The molecular weight excluding hydrogens is 188 g/mol. The third-order valence-corrected chi connectivity index (χ3v) is 3.72. The molecule has 3 heteroatoms. The average molecular weight is 212 g/mol. The van der Waals surface area contributed by atoms with Crippen molar-refractivity contribution in [2.45, 2.75) is 51.6 Å². The first-order chi connectivity index (χ1) is 6.82. The minimum Gasteiger partial charge on any atom is -0.308 e. The van der Waals surface area contributed by atoms with Crippen LogP contribution in [-0.4, -0.2) is 41.9 Å². The second kappa shape index (κ2) is 4.22. The molecule has 0 bridgehead atoms. The Labute approximate surface area is 93.2 Å². The molecule has 0 saturated carbocycles. The van der Waals surface area contributed by atoms with Crippen molar-refractivity contribution in [3.05, 3.63) is 0 Å².